The van der Waals surface area contributed by atoms with Crippen LogP contribution < -0.4 is 14.8 Å². The van der Waals surface area contributed by atoms with Crippen molar-refractivity contribution >= 4 is 50.7 Å². The number of nitrogens with zero attached hydrogens (tertiary/aromatic N) is 2. The first-order chi connectivity index (χ1) is 12.8. The zero-order chi connectivity index (χ0) is 20.0. The molecule has 1 aromatic carbocycles. The van der Waals surface area contributed by atoms with E-state index >= 15 is 0 Å². The fourth-order valence-electron chi connectivity index (χ4n) is 2.31. The Balaban J connectivity index is 2.25. The molecule has 1 unspecified atom stereocenters. The molecule has 1 atom stereocenters. The summed E-state index contributed by atoms with van der Waals surface area (Å²) in [6, 6.07) is 5.46. The van der Waals surface area contributed by atoms with E-state index in [2.05, 4.69) is 36.2 Å². The van der Waals surface area contributed by atoms with Crippen LogP contribution in [0.5, 0.6) is 11.5 Å². The van der Waals surface area contributed by atoms with Crippen molar-refractivity contribution in [3.8, 4) is 11.5 Å². The average Bonchev–Trinajstić information content (AvgIpc) is 2.62. The van der Waals surface area contributed by atoms with Gasteiger partial charge in [0.2, 0.25) is 5.44 Å². The number of thioether (sulfide) groups is 1. The topological polar surface area (TPSA) is 82.0 Å². The summed E-state index contributed by atoms with van der Waals surface area (Å²) in [5.74, 6) is 0.807. The third kappa shape index (κ3) is 5.74. The number of oxime groups is 1. The number of carbonyl (C=O) groups excluding carboxylic acids is 1. The van der Waals surface area contributed by atoms with Gasteiger partial charge in [-0.15, -0.1) is 11.8 Å². The van der Waals surface area contributed by atoms with E-state index in [9.17, 15) is 4.79 Å². The number of benzene rings is 1. The van der Waals surface area contributed by atoms with E-state index in [-0.39, 0.29) is 5.91 Å². The average molecular weight is 456 g/mol. The number of hydrogen-bond acceptors (Lipinski definition) is 7. The Morgan fingerprint density at radius 1 is 1.37 bits per heavy atom. The number of nitrogens with one attached hydrogen (secondary N) is 1. The molecule has 0 saturated carbocycles. The second-order valence-corrected chi connectivity index (χ2v) is 7.98. The first kappa shape index (κ1) is 21.3. The molecule has 1 aromatic heterocycles. The number of amides is 1. The van der Waals surface area contributed by atoms with Crippen molar-refractivity contribution in [3.63, 3.8) is 0 Å². The molecule has 0 aliphatic heterocycles. The predicted octanol–water partition coefficient (Wildman–Crippen LogP) is 3.60. The zero-order valence-electron chi connectivity index (χ0n) is 15.8. The van der Waals surface area contributed by atoms with Crippen LogP contribution in [0.1, 0.15) is 13.8 Å². The van der Waals surface area contributed by atoms with E-state index in [1.54, 1.807) is 25.6 Å². The van der Waals surface area contributed by atoms with Crippen molar-refractivity contribution in [2.75, 3.05) is 20.5 Å². The monoisotopic (exact) mass is 455 g/mol. The zero-order valence-corrected chi connectivity index (χ0v) is 18.2. The van der Waals surface area contributed by atoms with Crippen molar-refractivity contribution < 1.29 is 19.1 Å². The van der Waals surface area contributed by atoms with Gasteiger partial charge >= 0.3 is 0 Å². The van der Waals surface area contributed by atoms with E-state index in [0.717, 1.165) is 15.4 Å². The highest BCUT2D eigenvalue weighted by molar-refractivity contribution is 9.10. The number of ether oxygens (including phenoxy) is 2. The summed E-state index contributed by atoms with van der Waals surface area (Å²) in [5.41, 5.74) is -0.710. The standard InChI is InChI=1S/C18H22BrN3O4S/c1-18(2,10-21-25-4)22-16(23)17(27-5)26-13-7-11-6-12(19)9-20-15(11)14(8-13)24-3/h6-10,17H,1-5H3,(H,22,23)/b21-10+. The molecule has 0 saturated heterocycles. The number of methoxy groups -OCH3 is 1. The normalized spacial score (nSPS) is 12.8. The Morgan fingerprint density at radius 3 is 2.74 bits per heavy atom. The van der Waals surface area contributed by atoms with Crippen LogP contribution >= 0.6 is 27.7 Å². The van der Waals surface area contributed by atoms with Gasteiger partial charge in [-0.1, -0.05) is 5.16 Å². The van der Waals surface area contributed by atoms with Crippen LogP contribution in [0.15, 0.2) is 34.0 Å². The van der Waals surface area contributed by atoms with E-state index in [4.69, 9.17) is 9.47 Å². The summed E-state index contributed by atoms with van der Waals surface area (Å²) in [4.78, 5) is 21.7. The number of fused-ring (bicyclic) bond motifs is 1. The molecule has 9 heteroatoms. The Kier molecular flexibility index (Phi) is 7.32. The molecule has 0 spiro atoms. The molecule has 0 fully saturated rings. The molecule has 2 aromatic rings. The van der Waals surface area contributed by atoms with Crippen LogP contribution in [0.3, 0.4) is 0 Å². The molecule has 146 valence electrons. The van der Waals surface area contributed by atoms with Gasteiger partial charge in [-0.05, 0) is 48.2 Å². The molecule has 27 heavy (non-hydrogen) atoms. The summed E-state index contributed by atoms with van der Waals surface area (Å²) >= 11 is 4.69. The summed E-state index contributed by atoms with van der Waals surface area (Å²) < 4.78 is 12.2. The Labute approximate surface area is 171 Å². The number of carbonyl (C=O) groups is 1. The SMILES string of the molecule is CO/N=C/C(C)(C)NC(=O)C(Oc1cc(OC)c2ncc(Br)cc2c1)SC. The maximum atomic E-state index is 12.6. The van der Waals surface area contributed by atoms with Crippen LogP contribution in [0.4, 0.5) is 0 Å². The first-order valence-corrected chi connectivity index (χ1v) is 10.1. The van der Waals surface area contributed by atoms with Gasteiger partial charge in [0.05, 0.1) is 18.9 Å². The summed E-state index contributed by atoms with van der Waals surface area (Å²) in [6.07, 6.45) is 5.02. The van der Waals surface area contributed by atoms with Crippen LogP contribution in [0.25, 0.3) is 10.9 Å². The van der Waals surface area contributed by atoms with E-state index in [1.807, 2.05) is 26.0 Å². The van der Waals surface area contributed by atoms with Crippen molar-refractivity contribution in [1.29, 1.82) is 0 Å². The quantitative estimate of drug-likeness (QED) is 0.372. The van der Waals surface area contributed by atoms with E-state index < -0.39 is 11.0 Å². The largest absolute Gasteiger partial charge is 0.494 e. The molecular formula is C18H22BrN3O4S. The predicted molar refractivity (Wildman–Crippen MR) is 112 cm³/mol. The minimum absolute atomic E-state index is 0.276. The molecule has 1 amide bonds. The minimum Gasteiger partial charge on any atom is -0.494 e. The van der Waals surface area contributed by atoms with E-state index in [1.165, 1.54) is 25.1 Å². The van der Waals surface area contributed by atoms with Crippen LogP contribution in [-0.2, 0) is 9.63 Å². The highest BCUT2D eigenvalue weighted by Gasteiger charge is 2.26. The number of pyridine rings is 1. The summed E-state index contributed by atoms with van der Waals surface area (Å²) in [5, 5.41) is 7.43. The Bertz CT molecular complexity index is 845. The van der Waals surface area contributed by atoms with Crippen molar-refractivity contribution in [1.82, 2.24) is 10.3 Å². The highest BCUT2D eigenvalue weighted by Crippen LogP contribution is 2.32. The fraction of sp³-hybridized carbons (Fsp3) is 0.389. The maximum absolute atomic E-state index is 12.6. The maximum Gasteiger partial charge on any atom is 0.272 e. The Hall–Kier alpha value is -2.00. The molecule has 0 bridgehead atoms. The molecule has 7 nitrogen and oxygen atoms in total. The molecule has 2 rings (SSSR count). The first-order valence-electron chi connectivity index (χ1n) is 8.02. The number of rotatable bonds is 8. The molecular weight excluding hydrogens is 434 g/mol. The van der Waals surface area contributed by atoms with Gasteiger partial charge in [-0.2, -0.15) is 0 Å². The van der Waals surface area contributed by atoms with Gasteiger partial charge in [0.15, 0.2) is 0 Å². The van der Waals surface area contributed by atoms with E-state index in [0.29, 0.717) is 11.5 Å². The van der Waals surface area contributed by atoms with Gasteiger partial charge < -0.3 is 19.6 Å². The fourth-order valence-corrected chi connectivity index (χ4v) is 3.14. The van der Waals surface area contributed by atoms with Crippen LogP contribution in [0.2, 0.25) is 0 Å². The lowest BCUT2D eigenvalue weighted by atomic mass is 10.1. The number of hydrogen-bond donors (Lipinski definition) is 1. The molecule has 1 N–H and O–H groups in total. The lowest BCUT2D eigenvalue weighted by molar-refractivity contribution is -0.125. The molecule has 0 aliphatic rings. The van der Waals surface area contributed by atoms with Gasteiger partial charge in [0.1, 0.15) is 24.1 Å². The van der Waals surface area contributed by atoms with Crippen molar-refractivity contribution in [3.05, 3.63) is 28.9 Å². The van der Waals surface area contributed by atoms with Gasteiger partial charge in [0.25, 0.3) is 5.91 Å². The van der Waals surface area contributed by atoms with Crippen LogP contribution in [-0.4, -0.2) is 48.6 Å². The smallest absolute Gasteiger partial charge is 0.272 e. The molecule has 1 heterocycles. The number of aromatic nitrogens is 1. The number of halogens is 1. The second kappa shape index (κ2) is 9.27. The molecule has 0 radical (unpaired) electrons. The third-order valence-corrected chi connectivity index (χ3v) is 4.68. The van der Waals surface area contributed by atoms with Gasteiger partial charge in [-0.25, -0.2) is 0 Å². The molecule has 0 aliphatic carbocycles. The van der Waals surface area contributed by atoms with Gasteiger partial charge in [-0.3, -0.25) is 9.78 Å². The second-order valence-electron chi connectivity index (χ2n) is 6.16. The van der Waals surface area contributed by atoms with Crippen molar-refractivity contribution in [2.45, 2.75) is 24.8 Å². The van der Waals surface area contributed by atoms with Crippen molar-refractivity contribution in [2.24, 2.45) is 5.16 Å². The van der Waals surface area contributed by atoms with Crippen LogP contribution in [0, 0.1) is 0 Å². The minimum atomic E-state index is -0.748. The Morgan fingerprint density at radius 2 is 2.11 bits per heavy atom. The lowest BCUT2D eigenvalue weighted by Crippen LogP contribution is -2.49. The highest BCUT2D eigenvalue weighted by atomic mass is 79.9. The summed E-state index contributed by atoms with van der Waals surface area (Å²) in [7, 11) is 3.02. The summed E-state index contributed by atoms with van der Waals surface area (Å²) in [6.45, 7) is 3.63. The third-order valence-electron chi connectivity index (χ3n) is 3.51. The van der Waals surface area contributed by atoms with Gasteiger partial charge in [0, 0.05) is 22.1 Å². The lowest BCUT2D eigenvalue weighted by Gasteiger charge is -2.24.